The Balaban J connectivity index is 1.67. The molecule has 0 aromatic carbocycles. The van der Waals surface area contributed by atoms with Crippen molar-refractivity contribution in [2.45, 2.75) is 58.2 Å². The Labute approximate surface area is 136 Å². The molecular formula is C16H26N2O5. The van der Waals surface area contributed by atoms with Gasteiger partial charge in [-0.3, -0.25) is 9.59 Å². The van der Waals surface area contributed by atoms with Gasteiger partial charge >= 0.3 is 12.1 Å². The lowest BCUT2D eigenvalue weighted by molar-refractivity contribution is -0.149. The summed E-state index contributed by atoms with van der Waals surface area (Å²) < 4.78 is 10.6. The zero-order valence-corrected chi connectivity index (χ0v) is 14.1. The Morgan fingerprint density at radius 3 is 2.43 bits per heavy atom. The van der Waals surface area contributed by atoms with E-state index in [1.807, 2.05) is 20.8 Å². The van der Waals surface area contributed by atoms with Crippen LogP contribution >= 0.6 is 0 Å². The topological polar surface area (TPSA) is 84.9 Å². The molecule has 1 aliphatic carbocycles. The summed E-state index contributed by atoms with van der Waals surface area (Å²) in [5, 5.41) is 2.60. The molecular weight excluding hydrogens is 300 g/mol. The maximum atomic E-state index is 11.9. The van der Waals surface area contributed by atoms with Crippen molar-refractivity contribution >= 4 is 18.0 Å². The van der Waals surface area contributed by atoms with Gasteiger partial charge in [0.25, 0.3) is 0 Å². The molecule has 1 saturated heterocycles. The molecule has 2 amide bonds. The molecule has 0 aromatic rings. The Bertz CT molecular complexity index is 468. The van der Waals surface area contributed by atoms with E-state index in [4.69, 9.17) is 9.47 Å². The van der Waals surface area contributed by atoms with Crippen molar-refractivity contribution in [3.8, 4) is 0 Å². The van der Waals surface area contributed by atoms with E-state index >= 15 is 0 Å². The minimum absolute atomic E-state index is 0.0527. The van der Waals surface area contributed by atoms with E-state index in [9.17, 15) is 14.4 Å². The summed E-state index contributed by atoms with van der Waals surface area (Å²) >= 11 is 0. The Morgan fingerprint density at radius 1 is 1.17 bits per heavy atom. The van der Waals surface area contributed by atoms with Crippen LogP contribution in [0.15, 0.2) is 0 Å². The molecule has 1 atom stereocenters. The van der Waals surface area contributed by atoms with E-state index in [1.165, 1.54) is 4.90 Å². The number of likely N-dealkylation sites (tertiary alicyclic amines) is 1. The lowest BCUT2D eigenvalue weighted by atomic mass is 9.85. The fourth-order valence-electron chi connectivity index (χ4n) is 2.52. The monoisotopic (exact) mass is 326 g/mol. The summed E-state index contributed by atoms with van der Waals surface area (Å²) in [5.74, 6) is -0.486. The van der Waals surface area contributed by atoms with E-state index < -0.39 is 17.7 Å². The van der Waals surface area contributed by atoms with Gasteiger partial charge in [0.15, 0.2) is 0 Å². The zero-order valence-electron chi connectivity index (χ0n) is 14.1. The first kappa shape index (κ1) is 17.6. The lowest BCUT2D eigenvalue weighted by Crippen LogP contribution is -2.39. The second kappa shape index (κ2) is 7.19. The van der Waals surface area contributed by atoms with Crippen molar-refractivity contribution in [2.24, 2.45) is 5.92 Å². The van der Waals surface area contributed by atoms with Crippen LogP contribution in [-0.4, -0.2) is 54.2 Å². The Hall–Kier alpha value is -1.79. The van der Waals surface area contributed by atoms with Crippen LogP contribution in [0.1, 0.15) is 46.5 Å². The van der Waals surface area contributed by atoms with Gasteiger partial charge in [-0.2, -0.15) is 0 Å². The van der Waals surface area contributed by atoms with Crippen LogP contribution < -0.4 is 5.32 Å². The van der Waals surface area contributed by atoms with E-state index in [1.54, 1.807) is 0 Å². The number of nitrogens with zero attached hydrogens (tertiary/aromatic N) is 1. The lowest BCUT2D eigenvalue weighted by Gasteiger charge is -2.24. The van der Waals surface area contributed by atoms with Gasteiger partial charge in [0, 0.05) is 18.9 Å². The second-order valence-electron chi connectivity index (χ2n) is 7.17. The van der Waals surface area contributed by atoms with Crippen molar-refractivity contribution in [1.82, 2.24) is 10.2 Å². The molecule has 130 valence electrons. The first-order valence-electron chi connectivity index (χ1n) is 8.20. The number of hydrogen-bond donors (Lipinski definition) is 1. The third-order valence-corrected chi connectivity index (χ3v) is 3.98. The molecule has 0 radical (unpaired) electrons. The number of amides is 2. The number of esters is 1. The molecule has 1 aliphatic heterocycles. The largest absolute Gasteiger partial charge is 0.459 e. The standard InChI is InChI=1S/C16H26N2O5/c1-16(2,3)23-15(21)18-8-7-12(10-18)22-13(19)9-17-14(20)11-5-4-6-11/h11-12H,4-10H2,1-3H3,(H,17,20)/t12-/m0/s1. The SMILES string of the molecule is CC(C)(C)OC(=O)N1CC[C@H](OC(=O)CNC(=O)C2CCC2)C1. The van der Waals surface area contributed by atoms with Gasteiger partial charge in [-0.25, -0.2) is 4.79 Å². The number of hydrogen-bond acceptors (Lipinski definition) is 5. The van der Waals surface area contributed by atoms with Crippen LogP contribution in [0.2, 0.25) is 0 Å². The summed E-state index contributed by atoms with van der Waals surface area (Å²) in [6.07, 6.45) is 2.72. The Kier molecular flexibility index (Phi) is 5.49. The van der Waals surface area contributed by atoms with Gasteiger partial charge < -0.3 is 19.7 Å². The van der Waals surface area contributed by atoms with Gasteiger partial charge in [-0.05, 0) is 33.6 Å². The number of carbonyl (C=O) groups excluding carboxylic acids is 3. The summed E-state index contributed by atoms with van der Waals surface area (Å²) in [5.41, 5.74) is -0.544. The quantitative estimate of drug-likeness (QED) is 0.791. The van der Waals surface area contributed by atoms with Crippen molar-refractivity contribution < 1.29 is 23.9 Å². The van der Waals surface area contributed by atoms with E-state index in [-0.39, 0.29) is 24.5 Å². The highest BCUT2D eigenvalue weighted by Crippen LogP contribution is 2.26. The first-order valence-corrected chi connectivity index (χ1v) is 8.20. The van der Waals surface area contributed by atoms with Crippen molar-refractivity contribution in [3.05, 3.63) is 0 Å². The molecule has 2 aliphatic rings. The van der Waals surface area contributed by atoms with Gasteiger partial charge in [0.05, 0.1) is 6.54 Å². The maximum absolute atomic E-state index is 11.9. The van der Waals surface area contributed by atoms with Gasteiger partial charge in [0.2, 0.25) is 5.91 Å². The third-order valence-electron chi connectivity index (χ3n) is 3.98. The fourth-order valence-corrected chi connectivity index (χ4v) is 2.52. The number of carbonyl (C=O) groups is 3. The smallest absolute Gasteiger partial charge is 0.410 e. The second-order valence-corrected chi connectivity index (χ2v) is 7.17. The molecule has 7 heteroatoms. The molecule has 0 unspecified atom stereocenters. The molecule has 1 N–H and O–H groups in total. The summed E-state index contributed by atoms with van der Waals surface area (Å²) in [4.78, 5) is 36.9. The molecule has 1 saturated carbocycles. The minimum Gasteiger partial charge on any atom is -0.459 e. The summed E-state index contributed by atoms with van der Waals surface area (Å²) in [7, 11) is 0. The predicted molar refractivity (Wildman–Crippen MR) is 82.7 cm³/mol. The molecule has 0 spiro atoms. The van der Waals surface area contributed by atoms with Crippen LogP contribution in [0.5, 0.6) is 0 Å². The summed E-state index contributed by atoms with van der Waals surface area (Å²) in [6.45, 7) is 6.15. The Morgan fingerprint density at radius 2 is 1.87 bits per heavy atom. The van der Waals surface area contributed by atoms with Gasteiger partial charge in [0.1, 0.15) is 18.2 Å². The third kappa shape index (κ3) is 5.41. The summed E-state index contributed by atoms with van der Waals surface area (Å²) in [6, 6.07) is 0. The highest BCUT2D eigenvalue weighted by molar-refractivity contribution is 5.84. The average molecular weight is 326 g/mol. The van der Waals surface area contributed by atoms with Crippen molar-refractivity contribution in [2.75, 3.05) is 19.6 Å². The van der Waals surface area contributed by atoms with E-state index in [0.717, 1.165) is 19.3 Å². The van der Waals surface area contributed by atoms with E-state index in [0.29, 0.717) is 19.5 Å². The minimum atomic E-state index is -0.544. The zero-order chi connectivity index (χ0) is 17.0. The molecule has 0 bridgehead atoms. The normalized spacial score (nSPS) is 21.5. The molecule has 2 rings (SSSR count). The molecule has 23 heavy (non-hydrogen) atoms. The van der Waals surface area contributed by atoms with Crippen LogP contribution in [0.25, 0.3) is 0 Å². The van der Waals surface area contributed by atoms with E-state index in [2.05, 4.69) is 5.32 Å². The van der Waals surface area contributed by atoms with Crippen LogP contribution in [-0.2, 0) is 19.1 Å². The molecule has 7 nitrogen and oxygen atoms in total. The van der Waals surface area contributed by atoms with Crippen LogP contribution in [0.4, 0.5) is 4.79 Å². The molecule has 0 aromatic heterocycles. The average Bonchev–Trinajstić information content (AvgIpc) is 2.81. The van der Waals surface area contributed by atoms with Crippen LogP contribution in [0, 0.1) is 5.92 Å². The number of rotatable bonds is 4. The predicted octanol–water partition coefficient (Wildman–Crippen LogP) is 1.46. The van der Waals surface area contributed by atoms with Crippen molar-refractivity contribution in [1.29, 1.82) is 0 Å². The first-order chi connectivity index (χ1) is 10.7. The number of nitrogens with one attached hydrogen (secondary N) is 1. The fraction of sp³-hybridized carbons (Fsp3) is 0.812. The van der Waals surface area contributed by atoms with Gasteiger partial charge in [-0.1, -0.05) is 6.42 Å². The maximum Gasteiger partial charge on any atom is 0.410 e. The van der Waals surface area contributed by atoms with Crippen molar-refractivity contribution in [3.63, 3.8) is 0 Å². The van der Waals surface area contributed by atoms with Crippen LogP contribution in [0.3, 0.4) is 0 Å². The molecule has 1 heterocycles. The molecule has 2 fully saturated rings. The highest BCUT2D eigenvalue weighted by atomic mass is 16.6. The highest BCUT2D eigenvalue weighted by Gasteiger charge is 2.32. The number of ether oxygens (including phenoxy) is 2. The van der Waals surface area contributed by atoms with Gasteiger partial charge in [-0.15, -0.1) is 0 Å².